The number of rotatable bonds is 8. The van der Waals surface area contributed by atoms with Crippen LogP contribution in [-0.4, -0.2) is 44.6 Å². The Morgan fingerprint density at radius 2 is 1.79 bits per heavy atom. The second kappa shape index (κ2) is 11.7. The second-order valence-corrected chi connectivity index (χ2v) is 12.0. The van der Waals surface area contributed by atoms with Gasteiger partial charge in [-0.15, -0.1) is 0 Å². The van der Waals surface area contributed by atoms with Crippen molar-refractivity contribution in [2.75, 3.05) is 25.5 Å². The van der Waals surface area contributed by atoms with Crippen LogP contribution in [0, 0.1) is 5.92 Å². The molecule has 1 aliphatic rings. The van der Waals surface area contributed by atoms with Gasteiger partial charge in [0.2, 0.25) is 15.9 Å². The number of hydrogen-bond donors (Lipinski definition) is 1. The molecular weight excluding hydrogens is 524 g/mol. The molecule has 38 heavy (non-hydrogen) atoms. The number of halogens is 1. The first-order valence-electron chi connectivity index (χ1n) is 12.5. The second-order valence-electron chi connectivity index (χ2n) is 9.64. The highest BCUT2D eigenvalue weighted by molar-refractivity contribution is 7.89. The fraction of sp³-hybridized carbons (Fsp3) is 0.310. The molecule has 1 saturated heterocycles. The Kier molecular flexibility index (Phi) is 8.55. The maximum absolute atomic E-state index is 13.7. The molecule has 1 fully saturated rings. The summed E-state index contributed by atoms with van der Waals surface area (Å²) < 4.78 is 34.0. The van der Waals surface area contributed by atoms with Crippen molar-refractivity contribution in [3.8, 4) is 5.75 Å². The van der Waals surface area contributed by atoms with Crippen LogP contribution >= 0.6 is 11.6 Å². The molecule has 3 aromatic carbocycles. The number of sulfonamides is 1. The lowest BCUT2D eigenvalue weighted by Crippen LogP contribution is -2.43. The summed E-state index contributed by atoms with van der Waals surface area (Å²) in [7, 11) is -2.47. The Morgan fingerprint density at radius 3 is 2.47 bits per heavy atom. The molecule has 9 heteroatoms. The van der Waals surface area contributed by atoms with Crippen LogP contribution in [0.3, 0.4) is 0 Å². The molecule has 3 aromatic rings. The smallest absolute Gasteiger partial charge is 0.246 e. The predicted molar refractivity (Wildman–Crippen MR) is 149 cm³/mol. The third-order valence-electron chi connectivity index (χ3n) is 6.75. The van der Waals surface area contributed by atoms with Crippen LogP contribution in [-0.2, 0) is 14.8 Å². The van der Waals surface area contributed by atoms with Gasteiger partial charge in [-0.1, -0.05) is 61.8 Å². The summed E-state index contributed by atoms with van der Waals surface area (Å²) in [5.41, 5.74) is 1.96. The number of piperidine rings is 1. The van der Waals surface area contributed by atoms with Crippen LogP contribution in [0.15, 0.2) is 71.6 Å². The molecule has 1 heterocycles. The predicted octanol–water partition coefficient (Wildman–Crippen LogP) is 5.74. The van der Waals surface area contributed by atoms with Crippen LogP contribution in [0.2, 0.25) is 5.02 Å². The topological polar surface area (TPSA) is 92.8 Å². The molecule has 0 aromatic heterocycles. The van der Waals surface area contributed by atoms with Gasteiger partial charge < -0.3 is 10.1 Å². The molecular formula is C29H31ClN2O5S. The molecule has 0 spiro atoms. The first kappa shape index (κ1) is 27.8. The molecule has 7 nitrogen and oxygen atoms in total. The normalized spacial score (nSPS) is 16.3. The van der Waals surface area contributed by atoms with Gasteiger partial charge in [-0.2, -0.15) is 4.31 Å². The maximum atomic E-state index is 13.7. The third-order valence-corrected chi connectivity index (χ3v) is 8.87. The van der Waals surface area contributed by atoms with Gasteiger partial charge >= 0.3 is 0 Å². The summed E-state index contributed by atoms with van der Waals surface area (Å²) >= 11 is 6.17. The number of amides is 1. The summed E-state index contributed by atoms with van der Waals surface area (Å²) in [5.74, 6) is -0.799. The Morgan fingerprint density at radius 1 is 1.05 bits per heavy atom. The Labute approximate surface area is 228 Å². The van der Waals surface area contributed by atoms with Crippen molar-refractivity contribution in [1.29, 1.82) is 0 Å². The van der Waals surface area contributed by atoms with Gasteiger partial charge in [-0.3, -0.25) is 9.59 Å². The van der Waals surface area contributed by atoms with Gasteiger partial charge in [0.05, 0.1) is 18.7 Å². The van der Waals surface area contributed by atoms with Crippen molar-refractivity contribution >= 4 is 39.0 Å². The molecule has 0 saturated carbocycles. The standard InChI is InChI=1S/C29H31ClN2O5S/c1-19(2)21-11-14-26(37-3)27(16-21)38(35,36)32-15-7-10-22(18-32)29(34)31-25-13-12-23(30)17-24(25)28(33)20-8-5-4-6-9-20/h4-6,8-9,11-14,16-17,19,22H,7,10,15,18H2,1-3H3,(H,31,34)/t22-/m1/s1. The molecule has 1 atom stereocenters. The van der Waals surface area contributed by atoms with E-state index in [1.807, 2.05) is 26.0 Å². The Bertz CT molecular complexity index is 1440. The molecule has 0 bridgehead atoms. The third kappa shape index (κ3) is 5.93. The highest BCUT2D eigenvalue weighted by atomic mass is 35.5. The van der Waals surface area contributed by atoms with Gasteiger partial charge in [0, 0.05) is 29.2 Å². The highest BCUT2D eigenvalue weighted by Crippen LogP contribution is 2.33. The Hall–Kier alpha value is -3.20. The van der Waals surface area contributed by atoms with E-state index in [4.69, 9.17) is 16.3 Å². The fourth-order valence-electron chi connectivity index (χ4n) is 4.56. The number of ketones is 1. The largest absolute Gasteiger partial charge is 0.495 e. The minimum atomic E-state index is -3.91. The number of methoxy groups -OCH3 is 1. The van der Waals surface area contributed by atoms with Gasteiger partial charge in [0.1, 0.15) is 10.6 Å². The van der Waals surface area contributed by atoms with Crippen LogP contribution in [0.1, 0.15) is 54.1 Å². The van der Waals surface area contributed by atoms with Crippen molar-refractivity contribution < 1.29 is 22.7 Å². The zero-order valence-electron chi connectivity index (χ0n) is 21.6. The monoisotopic (exact) mass is 554 g/mol. The molecule has 4 rings (SSSR count). The van der Waals surface area contributed by atoms with Crippen LogP contribution in [0.25, 0.3) is 0 Å². The van der Waals surface area contributed by atoms with E-state index in [0.717, 1.165) is 5.56 Å². The molecule has 0 aliphatic carbocycles. The first-order chi connectivity index (χ1) is 18.1. The van der Waals surface area contributed by atoms with Gasteiger partial charge in [0.25, 0.3) is 0 Å². The van der Waals surface area contributed by atoms with Crippen molar-refractivity contribution in [2.45, 2.75) is 37.5 Å². The van der Waals surface area contributed by atoms with E-state index in [9.17, 15) is 18.0 Å². The van der Waals surface area contributed by atoms with E-state index in [2.05, 4.69) is 5.32 Å². The molecule has 0 radical (unpaired) electrons. The van der Waals surface area contributed by atoms with E-state index >= 15 is 0 Å². The van der Waals surface area contributed by atoms with E-state index in [-0.39, 0.29) is 40.4 Å². The SMILES string of the molecule is COc1ccc(C(C)C)cc1S(=O)(=O)N1CCC[C@@H](C(=O)Nc2ccc(Cl)cc2C(=O)c2ccccc2)C1. The molecule has 0 unspecified atom stereocenters. The van der Waals surface area contributed by atoms with Crippen molar-refractivity contribution in [2.24, 2.45) is 5.92 Å². The summed E-state index contributed by atoms with van der Waals surface area (Å²) in [6, 6.07) is 18.6. The number of anilines is 1. The lowest BCUT2D eigenvalue weighted by Gasteiger charge is -2.32. The summed E-state index contributed by atoms with van der Waals surface area (Å²) in [4.78, 5) is 26.6. The molecule has 200 valence electrons. The minimum Gasteiger partial charge on any atom is -0.495 e. The van der Waals surface area contributed by atoms with Crippen molar-refractivity contribution in [1.82, 2.24) is 4.31 Å². The molecule has 1 N–H and O–H groups in total. The number of carbonyl (C=O) groups excluding carboxylic acids is 2. The number of nitrogens with zero attached hydrogens (tertiary/aromatic N) is 1. The summed E-state index contributed by atoms with van der Waals surface area (Å²) in [6.45, 7) is 4.32. The van der Waals surface area contributed by atoms with E-state index in [1.165, 1.54) is 17.5 Å². The van der Waals surface area contributed by atoms with Crippen LogP contribution in [0.5, 0.6) is 5.75 Å². The quantitative estimate of drug-likeness (QED) is 0.358. The Balaban J connectivity index is 1.57. The number of ether oxygens (including phenoxy) is 1. The van der Waals surface area contributed by atoms with Crippen molar-refractivity contribution in [3.63, 3.8) is 0 Å². The van der Waals surface area contributed by atoms with Gasteiger partial charge in [-0.25, -0.2) is 8.42 Å². The van der Waals surface area contributed by atoms with Crippen LogP contribution in [0.4, 0.5) is 5.69 Å². The number of carbonyl (C=O) groups is 2. The summed E-state index contributed by atoms with van der Waals surface area (Å²) in [6.07, 6.45) is 1.05. The first-order valence-corrected chi connectivity index (χ1v) is 14.3. The zero-order valence-corrected chi connectivity index (χ0v) is 23.2. The lowest BCUT2D eigenvalue weighted by molar-refractivity contribution is -0.120. The van der Waals surface area contributed by atoms with Gasteiger partial charge in [-0.05, 0) is 54.7 Å². The fourth-order valence-corrected chi connectivity index (χ4v) is 6.45. The maximum Gasteiger partial charge on any atom is 0.246 e. The van der Waals surface area contributed by atoms with E-state index in [0.29, 0.717) is 35.7 Å². The average molecular weight is 555 g/mol. The van der Waals surface area contributed by atoms with E-state index < -0.39 is 15.9 Å². The average Bonchev–Trinajstić information content (AvgIpc) is 2.93. The highest BCUT2D eigenvalue weighted by Gasteiger charge is 2.35. The van der Waals surface area contributed by atoms with Crippen LogP contribution < -0.4 is 10.1 Å². The summed E-state index contributed by atoms with van der Waals surface area (Å²) in [5, 5.41) is 3.22. The minimum absolute atomic E-state index is 0.0266. The number of nitrogens with one attached hydrogen (secondary N) is 1. The number of benzene rings is 3. The molecule has 1 aliphatic heterocycles. The lowest BCUT2D eigenvalue weighted by atomic mass is 9.97. The van der Waals surface area contributed by atoms with Gasteiger partial charge in [0.15, 0.2) is 5.78 Å². The van der Waals surface area contributed by atoms with Crippen molar-refractivity contribution in [3.05, 3.63) is 88.4 Å². The van der Waals surface area contributed by atoms with E-state index in [1.54, 1.807) is 48.5 Å². The molecule has 1 amide bonds. The zero-order chi connectivity index (χ0) is 27.4. The number of hydrogen-bond acceptors (Lipinski definition) is 5.